The SMILES string of the molecule is CC/C=C\C/C=C\C/C=C\CCCCCCCCOCC(COC(=O)CCCCCCCC/C=C\C/C=C\C/C=C\CCCCC)OC(=O)CCCCCCC/C=C\CCCC. The first kappa shape index (κ1) is 59.1. The second-order valence-electron chi connectivity index (χ2n) is 17.0. The molecule has 5 nitrogen and oxygen atoms in total. The number of hydrogen-bond acceptors (Lipinski definition) is 5. The Labute approximate surface area is 384 Å². The van der Waals surface area contributed by atoms with Gasteiger partial charge in [-0.05, 0) is 109 Å². The molecule has 0 aromatic rings. The van der Waals surface area contributed by atoms with Crippen molar-refractivity contribution in [3.05, 3.63) is 85.1 Å². The molecule has 0 rings (SSSR count). The van der Waals surface area contributed by atoms with E-state index in [1.165, 1.54) is 103 Å². The number of ether oxygens (including phenoxy) is 3. The van der Waals surface area contributed by atoms with Crippen LogP contribution >= 0.6 is 0 Å². The van der Waals surface area contributed by atoms with E-state index in [-0.39, 0.29) is 25.2 Å². The lowest BCUT2D eigenvalue weighted by molar-refractivity contribution is -0.163. The van der Waals surface area contributed by atoms with Gasteiger partial charge in [-0.2, -0.15) is 0 Å². The molecule has 0 aromatic carbocycles. The highest BCUT2D eigenvalue weighted by atomic mass is 16.6. The third-order valence-electron chi connectivity index (χ3n) is 10.9. The Hall–Kier alpha value is -2.92. The Bertz CT molecular complexity index is 1160. The predicted molar refractivity (Wildman–Crippen MR) is 270 cm³/mol. The summed E-state index contributed by atoms with van der Waals surface area (Å²) in [6.45, 7) is 7.61. The molecule has 0 aliphatic rings. The summed E-state index contributed by atoms with van der Waals surface area (Å²) in [4.78, 5) is 25.4. The number of esters is 2. The van der Waals surface area contributed by atoms with E-state index in [2.05, 4.69) is 106 Å². The quantitative estimate of drug-likeness (QED) is 0.0346. The van der Waals surface area contributed by atoms with Crippen LogP contribution < -0.4 is 0 Å². The number of carbonyl (C=O) groups is 2. The summed E-state index contributed by atoms with van der Waals surface area (Å²) in [7, 11) is 0. The number of carbonyl (C=O) groups excluding carboxylic acids is 2. The second-order valence-corrected chi connectivity index (χ2v) is 17.0. The average Bonchev–Trinajstić information content (AvgIpc) is 3.27. The standard InChI is InChI=1S/C57H98O5/c1-4-7-10-13-16-19-22-24-26-28-29-30-31-33-36-38-41-44-47-50-56(58)61-54-55(62-57(59)51-48-45-42-39-35-21-18-15-12-9-6-3)53-60-52-49-46-43-40-37-34-32-27-25-23-20-17-14-11-8-5-2/h8,11,15-20,24-27,29-30,55H,4-7,9-10,12-14,21-23,28,31-54H2,1-3H3/b11-8-,18-15-,19-16-,20-17-,26-24-,27-25-,30-29-. The molecule has 0 spiro atoms. The molecule has 1 atom stereocenters. The number of allylic oxidation sites excluding steroid dienone is 14. The summed E-state index contributed by atoms with van der Waals surface area (Å²) in [6.07, 6.45) is 68.7. The maximum absolute atomic E-state index is 12.8. The van der Waals surface area contributed by atoms with Gasteiger partial charge in [0.2, 0.25) is 0 Å². The molecule has 0 N–H and O–H groups in total. The molecule has 0 radical (unpaired) electrons. The molecule has 0 aliphatic carbocycles. The molecule has 62 heavy (non-hydrogen) atoms. The number of rotatable bonds is 47. The Morgan fingerprint density at radius 3 is 1.23 bits per heavy atom. The number of unbranched alkanes of at least 4 members (excludes halogenated alkanes) is 22. The topological polar surface area (TPSA) is 61.8 Å². The Morgan fingerprint density at radius 1 is 0.371 bits per heavy atom. The van der Waals surface area contributed by atoms with Gasteiger partial charge in [0, 0.05) is 19.4 Å². The highest BCUT2D eigenvalue weighted by Gasteiger charge is 2.17. The fourth-order valence-electron chi connectivity index (χ4n) is 6.98. The van der Waals surface area contributed by atoms with Gasteiger partial charge in [-0.1, -0.05) is 202 Å². The van der Waals surface area contributed by atoms with Gasteiger partial charge >= 0.3 is 11.9 Å². The maximum Gasteiger partial charge on any atom is 0.306 e. The van der Waals surface area contributed by atoms with Crippen molar-refractivity contribution in [1.82, 2.24) is 0 Å². The smallest absolute Gasteiger partial charge is 0.306 e. The zero-order valence-corrected chi connectivity index (χ0v) is 40.9. The van der Waals surface area contributed by atoms with Crippen LogP contribution in [0.4, 0.5) is 0 Å². The summed E-state index contributed by atoms with van der Waals surface area (Å²) in [5.41, 5.74) is 0. The van der Waals surface area contributed by atoms with Crippen molar-refractivity contribution in [1.29, 1.82) is 0 Å². The predicted octanol–water partition coefficient (Wildman–Crippen LogP) is 17.7. The van der Waals surface area contributed by atoms with Crippen molar-refractivity contribution in [2.75, 3.05) is 19.8 Å². The third-order valence-corrected chi connectivity index (χ3v) is 10.9. The minimum Gasteiger partial charge on any atom is -0.462 e. The largest absolute Gasteiger partial charge is 0.462 e. The molecule has 0 heterocycles. The van der Waals surface area contributed by atoms with E-state index in [0.29, 0.717) is 19.4 Å². The van der Waals surface area contributed by atoms with Crippen LogP contribution in [0.15, 0.2) is 85.1 Å². The molecular weight excluding hydrogens is 765 g/mol. The Kier molecular flexibility index (Phi) is 50.0. The summed E-state index contributed by atoms with van der Waals surface area (Å²) in [5.74, 6) is -0.431. The first-order valence-electron chi connectivity index (χ1n) is 26.1. The average molecular weight is 863 g/mol. The highest BCUT2D eigenvalue weighted by Crippen LogP contribution is 2.13. The molecule has 0 fully saturated rings. The lowest BCUT2D eigenvalue weighted by Gasteiger charge is -2.18. The molecule has 0 bridgehead atoms. The van der Waals surface area contributed by atoms with E-state index in [1.807, 2.05) is 0 Å². The zero-order chi connectivity index (χ0) is 44.9. The van der Waals surface area contributed by atoms with E-state index >= 15 is 0 Å². The van der Waals surface area contributed by atoms with Gasteiger partial charge in [0.25, 0.3) is 0 Å². The van der Waals surface area contributed by atoms with E-state index < -0.39 is 6.10 Å². The van der Waals surface area contributed by atoms with Crippen LogP contribution in [0, 0.1) is 0 Å². The van der Waals surface area contributed by atoms with Crippen LogP contribution in [0.3, 0.4) is 0 Å². The molecule has 5 heteroatoms. The van der Waals surface area contributed by atoms with Crippen LogP contribution in [0.5, 0.6) is 0 Å². The summed E-state index contributed by atoms with van der Waals surface area (Å²) < 4.78 is 17.4. The van der Waals surface area contributed by atoms with Crippen molar-refractivity contribution < 1.29 is 23.8 Å². The second kappa shape index (κ2) is 52.4. The highest BCUT2D eigenvalue weighted by molar-refractivity contribution is 5.70. The number of hydrogen-bond donors (Lipinski definition) is 0. The molecule has 0 saturated heterocycles. The Balaban J connectivity index is 4.28. The fraction of sp³-hybridized carbons (Fsp3) is 0.719. The molecule has 0 aromatic heterocycles. The van der Waals surface area contributed by atoms with Crippen LogP contribution in [0.1, 0.15) is 239 Å². The minimum absolute atomic E-state index is 0.0663. The van der Waals surface area contributed by atoms with Gasteiger partial charge in [-0.3, -0.25) is 9.59 Å². The molecule has 0 saturated carbocycles. The monoisotopic (exact) mass is 863 g/mol. The summed E-state index contributed by atoms with van der Waals surface area (Å²) in [5, 5.41) is 0. The third kappa shape index (κ3) is 49.7. The van der Waals surface area contributed by atoms with Gasteiger partial charge < -0.3 is 14.2 Å². The van der Waals surface area contributed by atoms with Crippen molar-refractivity contribution in [3.8, 4) is 0 Å². The lowest BCUT2D eigenvalue weighted by Crippen LogP contribution is -2.30. The summed E-state index contributed by atoms with van der Waals surface area (Å²) >= 11 is 0. The molecular formula is C57H98O5. The zero-order valence-electron chi connectivity index (χ0n) is 40.9. The lowest BCUT2D eigenvalue weighted by atomic mass is 10.1. The van der Waals surface area contributed by atoms with Gasteiger partial charge in [-0.25, -0.2) is 0 Å². The van der Waals surface area contributed by atoms with E-state index in [1.54, 1.807) is 0 Å². The molecule has 356 valence electrons. The fourth-order valence-corrected chi connectivity index (χ4v) is 6.98. The molecule has 0 aliphatic heterocycles. The Morgan fingerprint density at radius 2 is 0.742 bits per heavy atom. The normalized spacial score (nSPS) is 12.9. The van der Waals surface area contributed by atoms with E-state index in [4.69, 9.17) is 14.2 Å². The van der Waals surface area contributed by atoms with Crippen molar-refractivity contribution in [3.63, 3.8) is 0 Å². The van der Waals surface area contributed by atoms with E-state index in [9.17, 15) is 9.59 Å². The van der Waals surface area contributed by atoms with Gasteiger partial charge in [0.1, 0.15) is 6.61 Å². The maximum atomic E-state index is 12.8. The van der Waals surface area contributed by atoms with Gasteiger partial charge in [-0.15, -0.1) is 0 Å². The van der Waals surface area contributed by atoms with E-state index in [0.717, 1.165) is 103 Å². The van der Waals surface area contributed by atoms with Crippen molar-refractivity contribution in [2.24, 2.45) is 0 Å². The van der Waals surface area contributed by atoms with Gasteiger partial charge in [0.15, 0.2) is 6.10 Å². The first-order valence-corrected chi connectivity index (χ1v) is 26.1. The van der Waals surface area contributed by atoms with Gasteiger partial charge in [0.05, 0.1) is 6.61 Å². The van der Waals surface area contributed by atoms with Crippen LogP contribution in [-0.2, 0) is 23.8 Å². The molecule has 1 unspecified atom stereocenters. The molecule has 0 amide bonds. The first-order chi connectivity index (χ1) is 30.6. The van der Waals surface area contributed by atoms with Crippen LogP contribution in [-0.4, -0.2) is 37.9 Å². The summed E-state index contributed by atoms with van der Waals surface area (Å²) in [6, 6.07) is 0. The van der Waals surface area contributed by atoms with Crippen LogP contribution in [0.25, 0.3) is 0 Å². The van der Waals surface area contributed by atoms with Crippen molar-refractivity contribution in [2.45, 2.75) is 245 Å². The minimum atomic E-state index is -0.556. The van der Waals surface area contributed by atoms with Crippen molar-refractivity contribution >= 4 is 11.9 Å². The van der Waals surface area contributed by atoms with Crippen LogP contribution in [0.2, 0.25) is 0 Å².